The van der Waals surface area contributed by atoms with Crippen LogP contribution < -0.4 is 10.2 Å². The van der Waals surface area contributed by atoms with Crippen molar-refractivity contribution >= 4 is 35.5 Å². The third-order valence-corrected chi connectivity index (χ3v) is 6.20. The standard InChI is InChI=1S/C26H24ClN5O2S/c1-2-32-25(21-11-13-22(27)14-12-21)30-31-26(32)35-18-24(33)29-28-16-20-9-6-10-23(15-20)34-17-19-7-4-3-5-8-19/h3-16H,2,17-18H2,1H3,(H,29,33)/b28-16-. The molecule has 0 aliphatic carbocycles. The van der Waals surface area contributed by atoms with E-state index in [2.05, 4.69) is 20.7 Å². The van der Waals surface area contributed by atoms with Crippen molar-refractivity contribution in [2.24, 2.45) is 5.10 Å². The molecule has 35 heavy (non-hydrogen) atoms. The number of benzene rings is 3. The Morgan fingerprint density at radius 1 is 1.09 bits per heavy atom. The van der Waals surface area contributed by atoms with Gasteiger partial charge in [0.25, 0.3) is 5.91 Å². The lowest BCUT2D eigenvalue weighted by Gasteiger charge is -2.07. The Labute approximate surface area is 213 Å². The average molecular weight is 506 g/mol. The summed E-state index contributed by atoms with van der Waals surface area (Å²) < 4.78 is 7.80. The van der Waals surface area contributed by atoms with Crippen molar-refractivity contribution < 1.29 is 9.53 Å². The normalized spacial score (nSPS) is 11.0. The molecule has 7 nitrogen and oxygen atoms in total. The Bertz CT molecular complexity index is 1290. The number of rotatable bonds is 10. The summed E-state index contributed by atoms with van der Waals surface area (Å²) in [6.07, 6.45) is 1.59. The van der Waals surface area contributed by atoms with Gasteiger partial charge >= 0.3 is 0 Å². The molecule has 0 radical (unpaired) electrons. The van der Waals surface area contributed by atoms with Crippen molar-refractivity contribution in [2.75, 3.05) is 5.75 Å². The summed E-state index contributed by atoms with van der Waals surface area (Å²) in [6.45, 7) is 3.17. The van der Waals surface area contributed by atoms with Crippen LogP contribution >= 0.6 is 23.4 Å². The molecule has 0 atom stereocenters. The predicted octanol–water partition coefficient (Wildman–Crippen LogP) is 5.44. The van der Waals surface area contributed by atoms with Crippen LogP contribution in [-0.4, -0.2) is 32.6 Å². The van der Waals surface area contributed by atoms with E-state index in [1.807, 2.05) is 90.4 Å². The average Bonchev–Trinajstić information content (AvgIpc) is 3.30. The molecule has 1 aromatic heterocycles. The molecule has 1 N–H and O–H groups in total. The minimum absolute atomic E-state index is 0.163. The van der Waals surface area contributed by atoms with Gasteiger partial charge < -0.3 is 9.30 Å². The lowest BCUT2D eigenvalue weighted by Crippen LogP contribution is -2.20. The smallest absolute Gasteiger partial charge is 0.250 e. The van der Waals surface area contributed by atoms with Gasteiger partial charge in [0.2, 0.25) is 0 Å². The topological polar surface area (TPSA) is 81.4 Å². The molecule has 1 heterocycles. The van der Waals surface area contributed by atoms with Gasteiger partial charge in [-0.3, -0.25) is 4.79 Å². The minimum Gasteiger partial charge on any atom is -0.489 e. The molecule has 0 fully saturated rings. The lowest BCUT2D eigenvalue weighted by atomic mass is 10.2. The quantitative estimate of drug-likeness (QED) is 0.176. The van der Waals surface area contributed by atoms with Gasteiger partial charge in [-0.25, -0.2) is 5.43 Å². The van der Waals surface area contributed by atoms with Crippen LogP contribution in [0.4, 0.5) is 0 Å². The molecule has 0 saturated heterocycles. The van der Waals surface area contributed by atoms with Gasteiger partial charge in [-0.05, 0) is 54.4 Å². The summed E-state index contributed by atoms with van der Waals surface area (Å²) >= 11 is 7.29. The van der Waals surface area contributed by atoms with Crippen LogP contribution in [0.3, 0.4) is 0 Å². The maximum Gasteiger partial charge on any atom is 0.250 e. The molecule has 4 aromatic rings. The summed E-state index contributed by atoms with van der Waals surface area (Å²) in [5.74, 6) is 1.40. The molecule has 178 valence electrons. The van der Waals surface area contributed by atoms with E-state index in [9.17, 15) is 4.79 Å². The van der Waals surface area contributed by atoms with Crippen LogP contribution in [0, 0.1) is 0 Å². The number of ether oxygens (including phenoxy) is 1. The fraction of sp³-hybridized carbons (Fsp3) is 0.154. The first-order valence-electron chi connectivity index (χ1n) is 11.0. The highest BCUT2D eigenvalue weighted by Gasteiger charge is 2.14. The van der Waals surface area contributed by atoms with Gasteiger partial charge in [-0.15, -0.1) is 10.2 Å². The van der Waals surface area contributed by atoms with Crippen molar-refractivity contribution in [1.82, 2.24) is 20.2 Å². The zero-order valence-electron chi connectivity index (χ0n) is 19.1. The monoisotopic (exact) mass is 505 g/mol. The summed E-state index contributed by atoms with van der Waals surface area (Å²) in [4.78, 5) is 12.3. The number of hydrogen-bond donors (Lipinski definition) is 1. The SMILES string of the molecule is CCn1c(SCC(=O)N/N=C\c2cccc(OCc3ccccc3)c2)nnc1-c1ccc(Cl)cc1. The highest BCUT2D eigenvalue weighted by molar-refractivity contribution is 7.99. The Morgan fingerprint density at radius 3 is 2.66 bits per heavy atom. The number of hydrogen-bond acceptors (Lipinski definition) is 6. The van der Waals surface area contributed by atoms with Crippen molar-refractivity contribution in [3.8, 4) is 17.1 Å². The van der Waals surface area contributed by atoms with Crippen LogP contribution in [0.25, 0.3) is 11.4 Å². The number of thioether (sulfide) groups is 1. The Kier molecular flexibility index (Phi) is 8.53. The van der Waals surface area contributed by atoms with Crippen molar-refractivity contribution in [1.29, 1.82) is 0 Å². The fourth-order valence-corrected chi connectivity index (χ4v) is 4.18. The van der Waals surface area contributed by atoms with Crippen LogP contribution in [0.1, 0.15) is 18.1 Å². The van der Waals surface area contributed by atoms with E-state index in [1.165, 1.54) is 11.8 Å². The van der Waals surface area contributed by atoms with Gasteiger partial charge in [-0.1, -0.05) is 65.8 Å². The summed E-state index contributed by atoms with van der Waals surface area (Å²) in [7, 11) is 0. The molecule has 0 aliphatic rings. The number of carbonyl (C=O) groups excluding carboxylic acids is 1. The molecular weight excluding hydrogens is 482 g/mol. The zero-order valence-corrected chi connectivity index (χ0v) is 20.7. The molecule has 0 aliphatic heterocycles. The van der Waals surface area contributed by atoms with E-state index in [1.54, 1.807) is 6.21 Å². The fourth-order valence-electron chi connectivity index (χ4n) is 3.26. The van der Waals surface area contributed by atoms with Gasteiger partial charge in [0.1, 0.15) is 12.4 Å². The second kappa shape index (κ2) is 12.2. The van der Waals surface area contributed by atoms with Crippen LogP contribution in [0.5, 0.6) is 5.75 Å². The number of amides is 1. The molecule has 0 spiro atoms. The molecule has 3 aromatic carbocycles. The van der Waals surface area contributed by atoms with E-state index >= 15 is 0 Å². The van der Waals surface area contributed by atoms with Crippen molar-refractivity contribution in [2.45, 2.75) is 25.2 Å². The third kappa shape index (κ3) is 6.94. The summed E-state index contributed by atoms with van der Waals surface area (Å²) in [5, 5.41) is 13.9. The first-order chi connectivity index (χ1) is 17.1. The largest absolute Gasteiger partial charge is 0.489 e. The first-order valence-corrected chi connectivity index (χ1v) is 12.4. The summed E-state index contributed by atoms with van der Waals surface area (Å²) in [5.41, 5.74) is 5.39. The maximum absolute atomic E-state index is 12.3. The highest BCUT2D eigenvalue weighted by Crippen LogP contribution is 2.25. The predicted molar refractivity (Wildman–Crippen MR) is 140 cm³/mol. The van der Waals surface area contributed by atoms with Crippen LogP contribution in [-0.2, 0) is 17.9 Å². The Morgan fingerprint density at radius 2 is 1.89 bits per heavy atom. The maximum atomic E-state index is 12.3. The van der Waals surface area contributed by atoms with Gasteiger partial charge in [0.05, 0.1) is 12.0 Å². The highest BCUT2D eigenvalue weighted by atomic mass is 35.5. The second-order valence-electron chi connectivity index (χ2n) is 7.49. The number of nitrogens with one attached hydrogen (secondary N) is 1. The molecular formula is C26H24ClN5O2S. The van der Waals surface area contributed by atoms with Gasteiger partial charge in [0.15, 0.2) is 11.0 Å². The number of hydrazone groups is 1. The molecule has 0 saturated carbocycles. The van der Waals surface area contributed by atoms with Crippen molar-refractivity contribution in [3.05, 3.63) is 95.0 Å². The van der Waals surface area contributed by atoms with Crippen LogP contribution in [0.2, 0.25) is 5.02 Å². The molecule has 9 heteroatoms. The molecule has 0 unspecified atom stereocenters. The summed E-state index contributed by atoms with van der Waals surface area (Å²) in [6, 6.07) is 24.9. The number of aromatic nitrogens is 3. The first kappa shape index (κ1) is 24.5. The van der Waals surface area contributed by atoms with Crippen molar-refractivity contribution in [3.63, 3.8) is 0 Å². The lowest BCUT2D eigenvalue weighted by molar-refractivity contribution is -0.118. The Hall–Kier alpha value is -3.62. The van der Waals surface area contributed by atoms with E-state index in [0.29, 0.717) is 23.3 Å². The van der Waals surface area contributed by atoms with E-state index < -0.39 is 0 Å². The van der Waals surface area contributed by atoms with E-state index in [-0.39, 0.29) is 11.7 Å². The van der Waals surface area contributed by atoms with Gasteiger partial charge in [0, 0.05) is 17.1 Å². The van der Waals surface area contributed by atoms with E-state index in [4.69, 9.17) is 16.3 Å². The minimum atomic E-state index is -0.235. The molecule has 1 amide bonds. The number of nitrogens with zero attached hydrogens (tertiary/aromatic N) is 4. The number of carbonyl (C=O) groups is 1. The number of halogens is 1. The second-order valence-corrected chi connectivity index (χ2v) is 8.86. The zero-order chi connectivity index (χ0) is 24.5. The van der Waals surface area contributed by atoms with E-state index in [0.717, 1.165) is 28.3 Å². The van der Waals surface area contributed by atoms with Crippen LogP contribution in [0.15, 0.2) is 89.1 Å². The van der Waals surface area contributed by atoms with Gasteiger partial charge in [-0.2, -0.15) is 5.10 Å². The third-order valence-electron chi connectivity index (χ3n) is 4.98. The molecule has 4 rings (SSSR count). The molecule has 0 bridgehead atoms. The Balaban J connectivity index is 1.29.